The largest absolute Gasteiger partial charge is 0.481 e. The van der Waals surface area contributed by atoms with Gasteiger partial charge in [0.05, 0.1) is 5.92 Å². The summed E-state index contributed by atoms with van der Waals surface area (Å²) in [5, 5.41) is 9.43. The fourth-order valence-electron chi connectivity index (χ4n) is 2.43. The van der Waals surface area contributed by atoms with Crippen molar-refractivity contribution in [3.05, 3.63) is 34.3 Å². The summed E-state index contributed by atoms with van der Waals surface area (Å²) in [6.07, 6.45) is 2.63. The fraction of sp³-hybridized carbons (Fsp3) is 0.500. The SMILES string of the molecule is O=C(O)C(CC1CCOCC1)c1ccccc1Br. The van der Waals surface area contributed by atoms with Crippen LogP contribution in [0, 0.1) is 5.92 Å². The maximum Gasteiger partial charge on any atom is 0.311 e. The fourth-order valence-corrected chi connectivity index (χ4v) is 3.00. The van der Waals surface area contributed by atoms with Crippen molar-refractivity contribution in [2.75, 3.05) is 13.2 Å². The van der Waals surface area contributed by atoms with Gasteiger partial charge in [-0.2, -0.15) is 0 Å². The molecule has 1 aliphatic heterocycles. The van der Waals surface area contributed by atoms with Gasteiger partial charge in [0, 0.05) is 17.7 Å². The summed E-state index contributed by atoms with van der Waals surface area (Å²) in [4.78, 5) is 11.5. The van der Waals surface area contributed by atoms with Crippen LogP contribution in [0.5, 0.6) is 0 Å². The molecule has 18 heavy (non-hydrogen) atoms. The molecular formula is C14H17BrO3. The molecule has 0 bridgehead atoms. The second kappa shape index (κ2) is 6.34. The molecule has 1 atom stereocenters. The predicted octanol–water partition coefficient (Wildman–Crippen LogP) is 3.43. The molecule has 0 aliphatic carbocycles. The summed E-state index contributed by atoms with van der Waals surface area (Å²) < 4.78 is 6.19. The first-order chi connectivity index (χ1) is 8.68. The molecule has 0 saturated carbocycles. The highest BCUT2D eigenvalue weighted by Gasteiger charge is 2.26. The van der Waals surface area contributed by atoms with Crippen LogP contribution < -0.4 is 0 Å². The first-order valence-electron chi connectivity index (χ1n) is 6.23. The Hall–Kier alpha value is -0.870. The molecule has 2 rings (SSSR count). The van der Waals surface area contributed by atoms with E-state index in [1.807, 2.05) is 24.3 Å². The summed E-state index contributed by atoms with van der Waals surface area (Å²) >= 11 is 3.44. The minimum atomic E-state index is -0.742. The minimum Gasteiger partial charge on any atom is -0.481 e. The van der Waals surface area contributed by atoms with Crippen LogP contribution in [0.25, 0.3) is 0 Å². The molecule has 1 fully saturated rings. The lowest BCUT2D eigenvalue weighted by Crippen LogP contribution is -2.21. The molecule has 1 aromatic carbocycles. The molecule has 0 spiro atoms. The molecule has 1 unspecified atom stereocenters. The van der Waals surface area contributed by atoms with Crippen LogP contribution in [0.4, 0.5) is 0 Å². The number of halogens is 1. The van der Waals surface area contributed by atoms with Crippen LogP contribution in [0.2, 0.25) is 0 Å². The van der Waals surface area contributed by atoms with Crippen molar-refractivity contribution in [2.45, 2.75) is 25.2 Å². The molecular weight excluding hydrogens is 296 g/mol. The average Bonchev–Trinajstić information content (AvgIpc) is 2.38. The maximum atomic E-state index is 11.5. The topological polar surface area (TPSA) is 46.5 Å². The monoisotopic (exact) mass is 312 g/mol. The van der Waals surface area contributed by atoms with E-state index in [9.17, 15) is 9.90 Å². The Kier molecular flexibility index (Phi) is 4.78. The van der Waals surface area contributed by atoms with Gasteiger partial charge < -0.3 is 9.84 Å². The first-order valence-corrected chi connectivity index (χ1v) is 7.02. The number of benzene rings is 1. The average molecular weight is 313 g/mol. The zero-order valence-electron chi connectivity index (χ0n) is 10.1. The minimum absolute atomic E-state index is 0.427. The Morgan fingerprint density at radius 1 is 1.39 bits per heavy atom. The molecule has 1 aromatic rings. The second-order valence-electron chi connectivity index (χ2n) is 4.70. The van der Waals surface area contributed by atoms with Crippen LogP contribution in [0.3, 0.4) is 0 Å². The van der Waals surface area contributed by atoms with Crippen molar-refractivity contribution in [2.24, 2.45) is 5.92 Å². The lowest BCUT2D eigenvalue weighted by atomic mass is 9.85. The summed E-state index contributed by atoms with van der Waals surface area (Å²) in [5.74, 6) is -0.718. The molecule has 1 N–H and O–H groups in total. The highest BCUT2D eigenvalue weighted by Crippen LogP contribution is 2.33. The molecule has 1 heterocycles. The van der Waals surface area contributed by atoms with Crippen LogP contribution in [0.15, 0.2) is 28.7 Å². The van der Waals surface area contributed by atoms with E-state index in [4.69, 9.17) is 4.74 Å². The van der Waals surface area contributed by atoms with E-state index in [0.717, 1.165) is 36.1 Å². The molecule has 3 nitrogen and oxygen atoms in total. The lowest BCUT2D eigenvalue weighted by molar-refractivity contribution is -0.139. The van der Waals surface area contributed by atoms with Crippen LogP contribution >= 0.6 is 15.9 Å². The Labute approximate surface area is 115 Å². The smallest absolute Gasteiger partial charge is 0.311 e. The van der Waals surface area contributed by atoms with Crippen molar-refractivity contribution in [3.63, 3.8) is 0 Å². The number of carboxylic acid groups (broad SMARTS) is 1. The highest BCUT2D eigenvalue weighted by molar-refractivity contribution is 9.10. The van der Waals surface area contributed by atoms with Crippen molar-refractivity contribution in [3.8, 4) is 0 Å². The number of carbonyl (C=O) groups is 1. The van der Waals surface area contributed by atoms with Gasteiger partial charge in [0.25, 0.3) is 0 Å². The summed E-state index contributed by atoms with van der Waals surface area (Å²) in [6.45, 7) is 1.51. The van der Waals surface area contributed by atoms with Crippen molar-refractivity contribution < 1.29 is 14.6 Å². The maximum absolute atomic E-state index is 11.5. The Bertz CT molecular complexity index is 413. The molecule has 0 aromatic heterocycles. The van der Waals surface area contributed by atoms with E-state index < -0.39 is 11.9 Å². The van der Waals surface area contributed by atoms with Gasteiger partial charge in [0.2, 0.25) is 0 Å². The Morgan fingerprint density at radius 2 is 2.06 bits per heavy atom. The molecule has 0 radical (unpaired) electrons. The summed E-state index contributed by atoms with van der Waals surface area (Å²) in [6, 6.07) is 7.58. The normalized spacial score (nSPS) is 18.5. The van der Waals surface area contributed by atoms with Gasteiger partial charge in [-0.3, -0.25) is 4.79 Å². The van der Waals surface area contributed by atoms with Crippen LogP contribution in [0.1, 0.15) is 30.7 Å². The van der Waals surface area contributed by atoms with Crippen LogP contribution in [-0.4, -0.2) is 24.3 Å². The molecule has 1 saturated heterocycles. The quantitative estimate of drug-likeness (QED) is 0.926. The number of carboxylic acids is 1. The molecule has 98 valence electrons. The third-order valence-electron chi connectivity index (χ3n) is 3.49. The highest BCUT2D eigenvalue weighted by atomic mass is 79.9. The van der Waals surface area contributed by atoms with E-state index in [2.05, 4.69) is 15.9 Å². The van der Waals surface area contributed by atoms with Crippen molar-refractivity contribution in [1.29, 1.82) is 0 Å². The third kappa shape index (κ3) is 3.33. The number of hydrogen-bond acceptors (Lipinski definition) is 2. The van der Waals surface area contributed by atoms with Gasteiger partial charge in [-0.15, -0.1) is 0 Å². The van der Waals surface area contributed by atoms with E-state index in [1.165, 1.54) is 0 Å². The van der Waals surface area contributed by atoms with Gasteiger partial charge in [-0.1, -0.05) is 34.1 Å². The Morgan fingerprint density at radius 3 is 2.67 bits per heavy atom. The third-order valence-corrected chi connectivity index (χ3v) is 4.21. The first kappa shape index (κ1) is 13.6. The van der Waals surface area contributed by atoms with Gasteiger partial charge in [0.15, 0.2) is 0 Å². The number of aliphatic carboxylic acids is 1. The predicted molar refractivity (Wildman–Crippen MR) is 72.7 cm³/mol. The number of hydrogen-bond donors (Lipinski definition) is 1. The van der Waals surface area contributed by atoms with E-state index in [0.29, 0.717) is 12.3 Å². The summed E-state index contributed by atoms with van der Waals surface area (Å²) in [7, 11) is 0. The molecule has 0 amide bonds. The molecule has 1 aliphatic rings. The zero-order chi connectivity index (χ0) is 13.0. The van der Waals surface area contributed by atoms with Gasteiger partial charge in [-0.25, -0.2) is 0 Å². The van der Waals surface area contributed by atoms with E-state index in [-0.39, 0.29) is 0 Å². The van der Waals surface area contributed by atoms with E-state index >= 15 is 0 Å². The van der Waals surface area contributed by atoms with Gasteiger partial charge >= 0.3 is 5.97 Å². The van der Waals surface area contributed by atoms with Crippen molar-refractivity contribution >= 4 is 21.9 Å². The lowest BCUT2D eigenvalue weighted by Gasteiger charge is -2.25. The Balaban J connectivity index is 2.13. The molecule has 4 heteroatoms. The van der Waals surface area contributed by atoms with Gasteiger partial charge in [0.1, 0.15) is 0 Å². The standard InChI is InChI=1S/C14H17BrO3/c15-13-4-2-1-3-11(13)12(14(16)17)9-10-5-7-18-8-6-10/h1-4,10,12H,5-9H2,(H,16,17). The number of ether oxygens (including phenoxy) is 1. The van der Waals surface area contributed by atoms with Crippen molar-refractivity contribution in [1.82, 2.24) is 0 Å². The second-order valence-corrected chi connectivity index (χ2v) is 5.56. The summed E-state index contributed by atoms with van der Waals surface area (Å²) in [5.41, 5.74) is 0.872. The van der Waals surface area contributed by atoms with Gasteiger partial charge in [-0.05, 0) is 36.8 Å². The zero-order valence-corrected chi connectivity index (χ0v) is 11.7. The van der Waals surface area contributed by atoms with Crippen LogP contribution in [-0.2, 0) is 9.53 Å². The van der Waals surface area contributed by atoms with E-state index in [1.54, 1.807) is 0 Å². The number of rotatable bonds is 4.